The Morgan fingerprint density at radius 2 is 2.15 bits per heavy atom. The van der Waals surface area contributed by atoms with Crippen LogP contribution in [-0.2, 0) is 14.8 Å². The van der Waals surface area contributed by atoms with Gasteiger partial charge in [-0.05, 0) is 25.2 Å². The van der Waals surface area contributed by atoms with Gasteiger partial charge in [-0.25, -0.2) is 13.1 Å². The number of aromatic amines is 1. The molecular formula is C11H16N2O5S2. The molecule has 0 unspecified atom stereocenters. The van der Waals surface area contributed by atoms with E-state index in [1.54, 1.807) is 0 Å². The normalized spacial score (nSPS) is 17.6. The Kier molecular flexibility index (Phi) is 4.03. The minimum Gasteiger partial charge on any atom is -0.481 e. The SMILES string of the molecule is Cc1[nH]c(=O)sc1S(=O)(=O)NCC1(CC(=O)O)CCC1. The van der Waals surface area contributed by atoms with Gasteiger partial charge < -0.3 is 10.1 Å². The molecular weight excluding hydrogens is 304 g/mol. The molecule has 0 bridgehead atoms. The first kappa shape index (κ1) is 15.2. The number of carbonyl (C=O) groups is 1. The maximum Gasteiger partial charge on any atom is 0.305 e. The van der Waals surface area contributed by atoms with Crippen LogP contribution < -0.4 is 9.60 Å². The van der Waals surface area contributed by atoms with Gasteiger partial charge in [0.1, 0.15) is 0 Å². The van der Waals surface area contributed by atoms with Gasteiger partial charge >= 0.3 is 10.8 Å². The van der Waals surface area contributed by atoms with Crippen molar-refractivity contribution in [2.24, 2.45) is 5.41 Å². The summed E-state index contributed by atoms with van der Waals surface area (Å²) in [4.78, 5) is 24.0. The zero-order valence-corrected chi connectivity index (χ0v) is 12.6. The monoisotopic (exact) mass is 320 g/mol. The summed E-state index contributed by atoms with van der Waals surface area (Å²) in [5, 5.41) is 8.89. The van der Waals surface area contributed by atoms with E-state index in [1.807, 2.05) is 0 Å². The van der Waals surface area contributed by atoms with Crippen LogP contribution >= 0.6 is 11.3 Å². The van der Waals surface area contributed by atoms with Crippen molar-refractivity contribution in [1.29, 1.82) is 0 Å². The third kappa shape index (κ3) is 3.10. The predicted molar refractivity (Wildman–Crippen MR) is 73.4 cm³/mol. The van der Waals surface area contributed by atoms with Crippen LogP contribution in [0, 0.1) is 12.3 Å². The van der Waals surface area contributed by atoms with Crippen molar-refractivity contribution < 1.29 is 18.3 Å². The number of nitrogens with one attached hydrogen (secondary N) is 2. The lowest BCUT2D eigenvalue weighted by molar-refractivity contribution is -0.141. The lowest BCUT2D eigenvalue weighted by Gasteiger charge is -2.40. The van der Waals surface area contributed by atoms with Gasteiger partial charge in [0.25, 0.3) is 10.0 Å². The van der Waals surface area contributed by atoms with E-state index in [0.717, 1.165) is 6.42 Å². The van der Waals surface area contributed by atoms with Gasteiger partial charge in [0.05, 0.1) is 6.42 Å². The zero-order valence-electron chi connectivity index (χ0n) is 10.9. The van der Waals surface area contributed by atoms with Crippen LogP contribution in [0.3, 0.4) is 0 Å². The van der Waals surface area contributed by atoms with Crippen LogP contribution in [0.4, 0.5) is 0 Å². The molecule has 0 radical (unpaired) electrons. The van der Waals surface area contributed by atoms with Crippen LogP contribution in [0.15, 0.2) is 9.00 Å². The van der Waals surface area contributed by atoms with E-state index >= 15 is 0 Å². The number of carboxylic acid groups (broad SMARTS) is 1. The number of rotatable bonds is 6. The van der Waals surface area contributed by atoms with Gasteiger partial charge in [0.2, 0.25) is 0 Å². The van der Waals surface area contributed by atoms with E-state index in [1.165, 1.54) is 6.92 Å². The molecule has 1 fully saturated rings. The second-order valence-corrected chi connectivity index (χ2v) is 8.12. The molecule has 3 N–H and O–H groups in total. The van der Waals surface area contributed by atoms with Crippen molar-refractivity contribution in [2.75, 3.05) is 6.54 Å². The molecule has 20 heavy (non-hydrogen) atoms. The quantitative estimate of drug-likeness (QED) is 0.712. The Morgan fingerprint density at radius 1 is 1.50 bits per heavy atom. The summed E-state index contributed by atoms with van der Waals surface area (Å²) in [5.74, 6) is -0.925. The maximum atomic E-state index is 12.1. The van der Waals surface area contributed by atoms with E-state index < -0.39 is 26.3 Å². The molecule has 1 saturated carbocycles. The lowest BCUT2D eigenvalue weighted by Crippen LogP contribution is -2.43. The Balaban J connectivity index is 2.11. The van der Waals surface area contributed by atoms with Crippen molar-refractivity contribution >= 4 is 27.3 Å². The first-order valence-corrected chi connectivity index (χ1v) is 8.45. The van der Waals surface area contributed by atoms with E-state index in [2.05, 4.69) is 9.71 Å². The number of aliphatic carboxylic acids is 1. The topological polar surface area (TPSA) is 116 Å². The molecule has 1 aliphatic rings. The highest BCUT2D eigenvalue weighted by Gasteiger charge is 2.40. The Hall–Kier alpha value is -1.19. The number of carboxylic acids is 1. The molecule has 7 nitrogen and oxygen atoms in total. The Labute approximate surface area is 120 Å². The van der Waals surface area contributed by atoms with E-state index in [-0.39, 0.29) is 17.2 Å². The van der Waals surface area contributed by atoms with Crippen molar-refractivity contribution in [3.8, 4) is 0 Å². The number of aryl methyl sites for hydroxylation is 1. The van der Waals surface area contributed by atoms with Crippen molar-refractivity contribution in [2.45, 2.75) is 36.8 Å². The standard InChI is InChI=1S/C11H16N2O5S2/c1-7-9(19-10(16)13-7)20(17,18)12-6-11(3-2-4-11)5-8(14)15/h12H,2-6H2,1H3,(H,13,16)(H,14,15). The fraction of sp³-hybridized carbons (Fsp3) is 0.636. The maximum absolute atomic E-state index is 12.1. The molecule has 2 rings (SSSR count). The molecule has 1 aliphatic carbocycles. The highest BCUT2D eigenvalue weighted by molar-refractivity contribution is 7.91. The molecule has 0 amide bonds. The number of hydrogen-bond acceptors (Lipinski definition) is 5. The molecule has 0 spiro atoms. The Morgan fingerprint density at radius 3 is 2.55 bits per heavy atom. The molecule has 0 aliphatic heterocycles. The average molecular weight is 320 g/mol. The summed E-state index contributed by atoms with van der Waals surface area (Å²) in [7, 11) is -3.77. The van der Waals surface area contributed by atoms with Gasteiger partial charge in [0, 0.05) is 12.2 Å². The summed E-state index contributed by atoms with van der Waals surface area (Å²) < 4.78 is 26.7. The number of sulfonamides is 1. The van der Waals surface area contributed by atoms with Crippen LogP contribution in [0.25, 0.3) is 0 Å². The van der Waals surface area contributed by atoms with Crippen molar-refractivity contribution in [3.05, 3.63) is 15.4 Å². The minimum atomic E-state index is -3.77. The lowest BCUT2D eigenvalue weighted by atomic mass is 9.67. The van der Waals surface area contributed by atoms with Crippen molar-refractivity contribution in [1.82, 2.24) is 9.71 Å². The number of H-pyrrole nitrogens is 1. The van der Waals surface area contributed by atoms with Crippen LogP contribution in [0.5, 0.6) is 0 Å². The molecule has 1 aromatic heterocycles. The first-order chi connectivity index (χ1) is 9.24. The minimum absolute atomic E-state index is 0.0349. The number of hydrogen-bond donors (Lipinski definition) is 3. The van der Waals surface area contributed by atoms with Gasteiger partial charge in [-0.3, -0.25) is 9.59 Å². The van der Waals surface area contributed by atoms with Crippen LogP contribution in [0.1, 0.15) is 31.4 Å². The molecule has 1 heterocycles. The number of thiazole rings is 1. The fourth-order valence-electron chi connectivity index (χ4n) is 2.37. The molecule has 1 aromatic rings. The average Bonchev–Trinajstić information content (AvgIpc) is 2.62. The first-order valence-electron chi connectivity index (χ1n) is 6.15. The highest BCUT2D eigenvalue weighted by atomic mass is 32.2. The molecule has 0 saturated heterocycles. The predicted octanol–water partition coefficient (Wildman–Crippen LogP) is 0.668. The smallest absolute Gasteiger partial charge is 0.305 e. The zero-order chi connectivity index (χ0) is 15.0. The second-order valence-electron chi connectivity index (χ2n) is 5.18. The molecule has 9 heteroatoms. The summed E-state index contributed by atoms with van der Waals surface area (Å²) in [6.45, 7) is 1.61. The third-order valence-corrected chi connectivity index (χ3v) is 6.61. The Bertz CT molecular complexity index is 669. The number of aromatic nitrogens is 1. The van der Waals surface area contributed by atoms with E-state index in [4.69, 9.17) is 5.11 Å². The molecule has 0 aromatic carbocycles. The van der Waals surface area contributed by atoms with E-state index in [0.29, 0.717) is 29.9 Å². The van der Waals surface area contributed by atoms with Crippen LogP contribution in [-0.4, -0.2) is 31.0 Å². The highest BCUT2D eigenvalue weighted by Crippen LogP contribution is 2.43. The summed E-state index contributed by atoms with van der Waals surface area (Å²) in [6.07, 6.45) is 2.26. The van der Waals surface area contributed by atoms with Gasteiger partial charge in [0.15, 0.2) is 4.21 Å². The van der Waals surface area contributed by atoms with Crippen LogP contribution in [0.2, 0.25) is 0 Å². The summed E-state index contributed by atoms with van der Waals surface area (Å²) in [5.41, 5.74) is -0.193. The van der Waals surface area contributed by atoms with Gasteiger partial charge in [-0.1, -0.05) is 17.8 Å². The van der Waals surface area contributed by atoms with Crippen molar-refractivity contribution in [3.63, 3.8) is 0 Å². The van der Waals surface area contributed by atoms with Gasteiger partial charge in [-0.15, -0.1) is 0 Å². The second kappa shape index (κ2) is 5.30. The summed E-state index contributed by atoms with van der Waals surface area (Å²) >= 11 is 0.634. The molecule has 112 valence electrons. The molecule has 0 atom stereocenters. The van der Waals surface area contributed by atoms with E-state index in [9.17, 15) is 18.0 Å². The fourth-order valence-corrected chi connectivity index (χ4v) is 4.87. The third-order valence-electron chi connectivity index (χ3n) is 3.60. The van der Waals surface area contributed by atoms with Gasteiger partial charge in [-0.2, -0.15) is 0 Å². The summed E-state index contributed by atoms with van der Waals surface area (Å²) in [6, 6.07) is 0. The largest absolute Gasteiger partial charge is 0.481 e.